The number of carbonyl (C=O) groups excluding carboxylic acids is 1. The molecule has 1 amide bonds. The van der Waals surface area contributed by atoms with E-state index in [-0.39, 0.29) is 11.7 Å². The van der Waals surface area contributed by atoms with E-state index in [2.05, 4.69) is 4.98 Å². The van der Waals surface area contributed by atoms with Crippen molar-refractivity contribution in [3.8, 4) is 11.4 Å². The van der Waals surface area contributed by atoms with Gasteiger partial charge in [0.1, 0.15) is 11.6 Å². The van der Waals surface area contributed by atoms with E-state index in [0.717, 1.165) is 40.9 Å². The second-order valence-corrected chi connectivity index (χ2v) is 9.23. The fraction of sp³-hybridized carbons (Fsp3) is 0.357. The van der Waals surface area contributed by atoms with Gasteiger partial charge in [0.05, 0.1) is 30.4 Å². The first kappa shape index (κ1) is 23.3. The Labute approximate surface area is 205 Å². The number of nitrogens with zero attached hydrogens (tertiary/aromatic N) is 3. The topological polar surface area (TPSA) is 56.6 Å². The average Bonchev–Trinajstić information content (AvgIpc) is 3.32. The van der Waals surface area contributed by atoms with E-state index in [9.17, 15) is 9.18 Å². The molecule has 2 aliphatic heterocycles. The van der Waals surface area contributed by atoms with E-state index in [1.54, 1.807) is 13.4 Å². The minimum absolute atomic E-state index is 0.0377. The summed E-state index contributed by atoms with van der Waals surface area (Å²) in [6, 6.07) is 12.5. The van der Waals surface area contributed by atoms with Gasteiger partial charge in [-0.1, -0.05) is 18.2 Å². The molecule has 5 rings (SSSR count). The standard InChI is InChI=1S/C28H30FN3O3/c1-20-18-31(19-30-20)25-10-5-21(17-26(25)34-2)16-22-4-3-13-32(27(22)33)28(11-14-35-15-12-28)23-6-8-24(29)9-7-23/h5-10,16-19H,3-4,11-15H2,1-2H3. The number of hydrogen-bond donors (Lipinski definition) is 0. The maximum Gasteiger partial charge on any atom is 0.250 e. The summed E-state index contributed by atoms with van der Waals surface area (Å²) in [6.07, 6.45) is 8.67. The summed E-state index contributed by atoms with van der Waals surface area (Å²) in [5, 5.41) is 0. The lowest BCUT2D eigenvalue weighted by atomic mass is 9.79. The van der Waals surface area contributed by atoms with E-state index in [4.69, 9.17) is 9.47 Å². The predicted molar refractivity (Wildman–Crippen MR) is 132 cm³/mol. The van der Waals surface area contributed by atoms with Gasteiger partial charge in [0.2, 0.25) is 0 Å². The van der Waals surface area contributed by atoms with Gasteiger partial charge in [-0.3, -0.25) is 4.79 Å². The van der Waals surface area contributed by atoms with Crippen LogP contribution in [0, 0.1) is 12.7 Å². The van der Waals surface area contributed by atoms with Crippen LogP contribution in [0.15, 0.2) is 60.6 Å². The molecule has 182 valence electrons. The number of aryl methyl sites for hydroxylation is 1. The zero-order valence-corrected chi connectivity index (χ0v) is 20.2. The molecule has 1 aromatic heterocycles. The van der Waals surface area contributed by atoms with Gasteiger partial charge < -0.3 is 18.9 Å². The van der Waals surface area contributed by atoms with Gasteiger partial charge in [0.25, 0.3) is 5.91 Å². The van der Waals surface area contributed by atoms with Crippen LogP contribution in [-0.2, 0) is 15.1 Å². The lowest BCUT2D eigenvalue weighted by Crippen LogP contribution is -2.54. The summed E-state index contributed by atoms with van der Waals surface area (Å²) in [5.41, 5.74) is 3.99. The van der Waals surface area contributed by atoms with Crippen LogP contribution in [0.2, 0.25) is 0 Å². The molecule has 0 N–H and O–H groups in total. The Kier molecular flexibility index (Phi) is 6.43. The second kappa shape index (κ2) is 9.66. The van der Waals surface area contributed by atoms with Crippen molar-refractivity contribution in [2.45, 2.75) is 38.1 Å². The minimum atomic E-state index is -0.483. The fourth-order valence-corrected chi connectivity index (χ4v) is 5.29. The molecule has 7 heteroatoms. The van der Waals surface area contributed by atoms with Crippen molar-refractivity contribution in [2.75, 3.05) is 26.9 Å². The lowest BCUT2D eigenvalue weighted by molar-refractivity contribution is -0.140. The molecule has 0 atom stereocenters. The van der Waals surface area contributed by atoms with Crippen LogP contribution in [0.1, 0.15) is 42.5 Å². The molecule has 0 radical (unpaired) electrons. The Morgan fingerprint density at radius 1 is 1.14 bits per heavy atom. The number of amides is 1. The third kappa shape index (κ3) is 4.48. The number of imidazole rings is 1. The van der Waals surface area contributed by atoms with E-state index in [1.807, 2.05) is 59.0 Å². The highest BCUT2D eigenvalue weighted by Crippen LogP contribution is 2.41. The molecule has 0 bridgehead atoms. The SMILES string of the molecule is COc1cc(C=C2CCCN(C3(c4ccc(F)cc4)CCOCC3)C2=O)ccc1-n1cnc(C)c1. The molecule has 0 unspecified atom stereocenters. The number of halogens is 1. The molecule has 0 aliphatic carbocycles. The highest BCUT2D eigenvalue weighted by molar-refractivity contribution is 5.99. The maximum atomic E-state index is 13.8. The van der Waals surface area contributed by atoms with Crippen molar-refractivity contribution in [2.24, 2.45) is 0 Å². The van der Waals surface area contributed by atoms with E-state index in [0.29, 0.717) is 38.3 Å². The molecular formula is C28H30FN3O3. The van der Waals surface area contributed by atoms with Crippen LogP contribution in [0.25, 0.3) is 11.8 Å². The predicted octanol–water partition coefficient (Wildman–Crippen LogP) is 5.04. The first-order valence-electron chi connectivity index (χ1n) is 12.1. The van der Waals surface area contributed by atoms with Gasteiger partial charge >= 0.3 is 0 Å². The van der Waals surface area contributed by atoms with Gasteiger partial charge in [0, 0.05) is 31.5 Å². The first-order chi connectivity index (χ1) is 17.0. The Morgan fingerprint density at radius 3 is 2.60 bits per heavy atom. The molecule has 2 aliphatic rings. The molecule has 35 heavy (non-hydrogen) atoms. The number of piperidine rings is 1. The quantitative estimate of drug-likeness (QED) is 0.485. The number of rotatable bonds is 5. The highest BCUT2D eigenvalue weighted by atomic mass is 19.1. The molecular weight excluding hydrogens is 445 g/mol. The zero-order valence-electron chi connectivity index (χ0n) is 20.2. The monoisotopic (exact) mass is 475 g/mol. The van der Waals surface area contributed by atoms with Crippen LogP contribution in [0.3, 0.4) is 0 Å². The highest BCUT2D eigenvalue weighted by Gasteiger charge is 2.44. The number of likely N-dealkylation sites (tertiary alicyclic amines) is 1. The van der Waals surface area contributed by atoms with E-state index >= 15 is 0 Å². The fourth-order valence-electron chi connectivity index (χ4n) is 5.29. The molecule has 3 heterocycles. The molecule has 3 aromatic rings. The van der Waals surface area contributed by atoms with E-state index < -0.39 is 5.54 Å². The van der Waals surface area contributed by atoms with Crippen LogP contribution in [0.5, 0.6) is 5.75 Å². The van der Waals surface area contributed by atoms with Crippen molar-refractivity contribution in [1.82, 2.24) is 14.5 Å². The molecule has 2 saturated heterocycles. The number of methoxy groups -OCH3 is 1. The van der Waals surface area contributed by atoms with Gasteiger partial charge in [-0.15, -0.1) is 0 Å². The number of ether oxygens (including phenoxy) is 2. The van der Waals surface area contributed by atoms with Gasteiger partial charge in [-0.25, -0.2) is 9.37 Å². The summed E-state index contributed by atoms with van der Waals surface area (Å²) in [7, 11) is 1.64. The number of benzene rings is 2. The number of carbonyl (C=O) groups is 1. The third-order valence-electron chi connectivity index (χ3n) is 7.10. The smallest absolute Gasteiger partial charge is 0.250 e. The zero-order chi connectivity index (χ0) is 24.4. The summed E-state index contributed by atoms with van der Waals surface area (Å²) in [5.74, 6) is 0.476. The molecule has 0 saturated carbocycles. The molecule has 2 aromatic carbocycles. The van der Waals surface area contributed by atoms with Crippen LogP contribution in [-0.4, -0.2) is 47.2 Å². The van der Waals surface area contributed by atoms with E-state index in [1.165, 1.54) is 12.1 Å². The molecule has 6 nitrogen and oxygen atoms in total. The van der Waals surface area contributed by atoms with Crippen molar-refractivity contribution < 1.29 is 18.7 Å². The first-order valence-corrected chi connectivity index (χ1v) is 12.1. The van der Waals surface area contributed by atoms with Crippen molar-refractivity contribution in [1.29, 1.82) is 0 Å². The van der Waals surface area contributed by atoms with Crippen LogP contribution >= 0.6 is 0 Å². The lowest BCUT2D eigenvalue weighted by Gasteiger charge is -2.48. The Morgan fingerprint density at radius 2 is 1.91 bits per heavy atom. The van der Waals surface area contributed by atoms with Crippen LogP contribution < -0.4 is 4.74 Å². The number of hydrogen-bond acceptors (Lipinski definition) is 4. The van der Waals surface area contributed by atoms with Crippen molar-refractivity contribution in [3.63, 3.8) is 0 Å². The third-order valence-corrected chi connectivity index (χ3v) is 7.10. The summed E-state index contributed by atoms with van der Waals surface area (Å²) >= 11 is 0. The molecule has 2 fully saturated rings. The van der Waals surface area contributed by atoms with Gasteiger partial charge in [0.15, 0.2) is 0 Å². The average molecular weight is 476 g/mol. The van der Waals surface area contributed by atoms with Crippen molar-refractivity contribution in [3.05, 3.63) is 83.2 Å². The Bertz CT molecular complexity index is 1240. The Hall–Kier alpha value is -3.45. The maximum absolute atomic E-state index is 13.8. The summed E-state index contributed by atoms with van der Waals surface area (Å²) < 4.78 is 26.9. The Balaban J connectivity index is 1.47. The van der Waals surface area contributed by atoms with Crippen molar-refractivity contribution >= 4 is 12.0 Å². The normalized spacial score (nSPS) is 19.2. The summed E-state index contributed by atoms with van der Waals surface area (Å²) in [4.78, 5) is 20.1. The number of aromatic nitrogens is 2. The molecule has 0 spiro atoms. The minimum Gasteiger partial charge on any atom is -0.495 e. The van der Waals surface area contributed by atoms with Gasteiger partial charge in [-0.05, 0) is 74.1 Å². The van der Waals surface area contributed by atoms with Crippen LogP contribution in [0.4, 0.5) is 4.39 Å². The largest absolute Gasteiger partial charge is 0.495 e. The van der Waals surface area contributed by atoms with Gasteiger partial charge in [-0.2, -0.15) is 0 Å². The second-order valence-electron chi connectivity index (χ2n) is 9.23. The summed E-state index contributed by atoms with van der Waals surface area (Å²) in [6.45, 7) is 3.77.